The van der Waals surface area contributed by atoms with Crippen molar-refractivity contribution in [3.05, 3.63) is 26.3 Å². The van der Waals surface area contributed by atoms with Crippen molar-refractivity contribution in [1.82, 2.24) is 0 Å². The molecule has 0 bridgehead atoms. The Labute approximate surface area is 73.5 Å². The summed E-state index contributed by atoms with van der Waals surface area (Å²) in [7, 11) is 0. The van der Waals surface area contributed by atoms with E-state index in [0.717, 1.165) is 0 Å². The number of rotatable bonds is 0. The van der Waals surface area contributed by atoms with Crippen LogP contribution in [-0.4, -0.2) is 20.9 Å². The molecule has 0 aliphatic carbocycles. The summed E-state index contributed by atoms with van der Waals surface area (Å²) in [5, 5.41) is 0. The van der Waals surface area contributed by atoms with E-state index in [1.807, 2.05) is 6.08 Å². The van der Waals surface area contributed by atoms with Gasteiger partial charge in [0.1, 0.15) is 0 Å². The first kappa shape index (κ1) is 8.37. The van der Waals surface area contributed by atoms with E-state index in [-0.39, 0.29) is 20.9 Å². The summed E-state index contributed by atoms with van der Waals surface area (Å²) in [5.41, 5.74) is 0.375. The van der Waals surface area contributed by atoms with Gasteiger partial charge in [0.2, 0.25) is 0 Å². The Balaban J connectivity index is 2.65. The Kier molecular flexibility index (Phi) is 2.60. The van der Waals surface area contributed by atoms with Crippen LogP contribution in [0.2, 0.25) is 0 Å². The second-order valence-electron chi connectivity index (χ2n) is 3.35. The van der Waals surface area contributed by atoms with Gasteiger partial charge in [-0.15, -0.1) is 0 Å². The van der Waals surface area contributed by atoms with Gasteiger partial charge in [0, 0.05) is 0 Å². The van der Waals surface area contributed by atoms with Gasteiger partial charge in [0.15, 0.2) is 0 Å². The van der Waals surface area contributed by atoms with Crippen LogP contribution in [0, 0.1) is 11.8 Å². The minimum absolute atomic E-state index is 0.0104. The summed E-state index contributed by atoms with van der Waals surface area (Å²) in [6, 6.07) is 0. The molecule has 0 fully saturated rings. The molecule has 0 spiro atoms. The van der Waals surface area contributed by atoms with Crippen molar-refractivity contribution >= 4 is 20.9 Å². The first-order valence-electron chi connectivity index (χ1n) is 3.39. The average Bonchev–Trinajstić information content (AvgIpc) is 1.88. The third kappa shape index (κ3) is 2.15. The Morgan fingerprint density at radius 3 is 2.40 bits per heavy atom. The molecule has 2 radical (unpaired) electrons. The van der Waals surface area contributed by atoms with Crippen LogP contribution >= 0.6 is 0 Å². The zero-order valence-corrected chi connectivity index (χ0v) is 8.97. The molecule has 0 nitrogen and oxygen atoms in total. The summed E-state index contributed by atoms with van der Waals surface area (Å²) in [5.74, 6) is 0. The fourth-order valence-corrected chi connectivity index (χ4v) is 2.93. The normalized spacial score (nSPS) is 18.9. The molecule has 1 aliphatic rings. The van der Waals surface area contributed by atoms with Gasteiger partial charge in [0.25, 0.3) is 0 Å². The van der Waals surface area contributed by atoms with Gasteiger partial charge in [0.05, 0.1) is 0 Å². The van der Waals surface area contributed by atoms with E-state index in [9.17, 15) is 0 Å². The standard InChI is InChI=1S/C9H12Te/c1-9(2,3)8-6-4-5-7-10-8/h5-7H,1-3H3. The van der Waals surface area contributed by atoms with Crippen molar-refractivity contribution in [2.24, 2.45) is 5.41 Å². The monoisotopic (exact) mass is 250 g/mol. The van der Waals surface area contributed by atoms with Crippen molar-refractivity contribution in [3.63, 3.8) is 0 Å². The van der Waals surface area contributed by atoms with Crippen LogP contribution in [0.5, 0.6) is 0 Å². The topological polar surface area (TPSA) is 0 Å². The molecular formula is C9H12Te. The van der Waals surface area contributed by atoms with Crippen LogP contribution < -0.4 is 0 Å². The van der Waals surface area contributed by atoms with Gasteiger partial charge in [-0.2, -0.15) is 0 Å². The van der Waals surface area contributed by atoms with Crippen LogP contribution in [-0.2, 0) is 0 Å². The molecule has 0 aromatic carbocycles. The predicted octanol–water partition coefficient (Wildman–Crippen LogP) is 2.23. The molecule has 0 saturated heterocycles. The molecule has 0 amide bonds. The quantitative estimate of drug-likeness (QED) is 0.576. The fourth-order valence-electron chi connectivity index (χ4n) is 0.698. The molecule has 0 saturated carbocycles. The molecule has 1 rings (SSSR count). The fraction of sp³-hybridized carbons (Fsp3) is 0.444. The van der Waals surface area contributed by atoms with E-state index in [2.05, 4.69) is 37.4 Å². The first-order valence-corrected chi connectivity index (χ1v) is 5.90. The third-order valence-electron chi connectivity index (χ3n) is 1.31. The van der Waals surface area contributed by atoms with E-state index in [1.54, 1.807) is 3.62 Å². The van der Waals surface area contributed by atoms with Crippen molar-refractivity contribution < 1.29 is 0 Å². The summed E-state index contributed by atoms with van der Waals surface area (Å²) in [4.78, 5) is 0. The van der Waals surface area contributed by atoms with Gasteiger partial charge in [-0.25, -0.2) is 0 Å². The molecule has 0 aromatic heterocycles. The molecule has 0 N–H and O–H groups in total. The number of allylic oxidation sites excluding steroid dienone is 3. The third-order valence-corrected chi connectivity index (χ3v) is 4.90. The summed E-state index contributed by atoms with van der Waals surface area (Å²) >= 11 is 0.0104. The van der Waals surface area contributed by atoms with Gasteiger partial charge >= 0.3 is 73.4 Å². The van der Waals surface area contributed by atoms with Crippen molar-refractivity contribution in [2.45, 2.75) is 20.8 Å². The van der Waals surface area contributed by atoms with E-state index in [1.165, 1.54) is 0 Å². The maximum atomic E-state index is 3.13. The molecule has 10 heavy (non-hydrogen) atoms. The number of hydrogen-bond acceptors (Lipinski definition) is 0. The SMILES string of the molecule is CC(C)(C)C1=C[C]C=C[Te]1. The van der Waals surface area contributed by atoms with Crippen LogP contribution in [0.25, 0.3) is 0 Å². The van der Waals surface area contributed by atoms with Gasteiger partial charge in [-0.05, 0) is 0 Å². The Morgan fingerprint density at radius 2 is 2.10 bits per heavy atom. The summed E-state index contributed by atoms with van der Waals surface area (Å²) in [6.45, 7) is 6.80. The molecule has 0 aromatic rings. The van der Waals surface area contributed by atoms with E-state index >= 15 is 0 Å². The number of hydrogen-bond donors (Lipinski definition) is 0. The molecule has 1 heteroatoms. The zero-order chi connectivity index (χ0) is 7.61. The van der Waals surface area contributed by atoms with Crippen molar-refractivity contribution in [1.29, 1.82) is 0 Å². The van der Waals surface area contributed by atoms with Crippen molar-refractivity contribution in [3.8, 4) is 0 Å². The molecular weight excluding hydrogens is 236 g/mol. The van der Waals surface area contributed by atoms with Gasteiger partial charge in [-0.3, -0.25) is 0 Å². The molecule has 0 atom stereocenters. The summed E-state index contributed by atoms with van der Waals surface area (Å²) < 4.78 is 3.88. The Bertz CT molecular complexity index is 170. The van der Waals surface area contributed by atoms with Crippen LogP contribution in [0.15, 0.2) is 19.9 Å². The van der Waals surface area contributed by atoms with Crippen LogP contribution in [0.4, 0.5) is 0 Å². The molecule has 0 unspecified atom stereocenters. The Hall–Kier alpha value is 0.270. The Morgan fingerprint density at radius 1 is 1.40 bits per heavy atom. The maximum absolute atomic E-state index is 3.13. The van der Waals surface area contributed by atoms with Gasteiger partial charge < -0.3 is 0 Å². The zero-order valence-electron chi connectivity index (χ0n) is 6.64. The minimum atomic E-state index is 0.0104. The predicted molar refractivity (Wildman–Crippen MR) is 45.7 cm³/mol. The average molecular weight is 248 g/mol. The van der Waals surface area contributed by atoms with E-state index in [0.29, 0.717) is 5.41 Å². The van der Waals surface area contributed by atoms with E-state index in [4.69, 9.17) is 0 Å². The van der Waals surface area contributed by atoms with E-state index < -0.39 is 0 Å². The molecule has 54 valence electrons. The molecule has 1 aliphatic heterocycles. The van der Waals surface area contributed by atoms with Gasteiger partial charge in [-0.1, -0.05) is 0 Å². The second-order valence-corrected chi connectivity index (χ2v) is 6.05. The molecule has 1 heterocycles. The van der Waals surface area contributed by atoms with Crippen molar-refractivity contribution in [2.75, 3.05) is 0 Å². The first-order chi connectivity index (χ1) is 4.61. The summed E-state index contributed by atoms with van der Waals surface area (Å²) in [6.07, 6.45) is 7.33. The van der Waals surface area contributed by atoms with Crippen LogP contribution in [0.1, 0.15) is 20.8 Å². The van der Waals surface area contributed by atoms with Crippen LogP contribution in [0.3, 0.4) is 0 Å². The second kappa shape index (κ2) is 3.11.